The molecule has 2 rings (SSSR count). The first-order valence-electron chi connectivity index (χ1n) is 5.65. The number of hydrogen-bond acceptors (Lipinski definition) is 1. The Morgan fingerprint density at radius 3 is 2.00 bits per heavy atom. The van der Waals surface area contributed by atoms with E-state index in [9.17, 15) is 5.11 Å². The Labute approximate surface area is 102 Å². The molecule has 0 fully saturated rings. The van der Waals surface area contributed by atoms with Crippen LogP contribution in [0.4, 0.5) is 0 Å². The maximum Gasteiger partial charge on any atom is 0.112 e. The van der Waals surface area contributed by atoms with E-state index in [-0.39, 0.29) is 0 Å². The van der Waals surface area contributed by atoms with E-state index in [0.717, 1.165) is 16.7 Å². The third-order valence-electron chi connectivity index (χ3n) is 3.04. The van der Waals surface area contributed by atoms with E-state index in [1.54, 1.807) is 6.08 Å². The predicted octanol–water partition coefficient (Wildman–Crippen LogP) is 3.59. The molecule has 0 aliphatic rings. The summed E-state index contributed by atoms with van der Waals surface area (Å²) in [7, 11) is 0. The Bertz CT molecular complexity index is 495. The summed E-state index contributed by atoms with van der Waals surface area (Å²) in [6.45, 7) is 5.53. The van der Waals surface area contributed by atoms with Crippen molar-refractivity contribution in [1.82, 2.24) is 0 Å². The largest absolute Gasteiger partial charge is 0.381 e. The van der Waals surface area contributed by atoms with Crippen LogP contribution >= 0.6 is 0 Å². The van der Waals surface area contributed by atoms with Crippen LogP contribution in [0.25, 0.3) is 6.08 Å². The van der Waals surface area contributed by atoms with E-state index in [0.29, 0.717) is 0 Å². The highest BCUT2D eigenvalue weighted by atomic mass is 16.3. The fourth-order valence-electron chi connectivity index (χ4n) is 1.87. The lowest BCUT2D eigenvalue weighted by atomic mass is 9.88. The van der Waals surface area contributed by atoms with Crippen LogP contribution in [-0.2, 0) is 5.60 Å². The Hall–Kier alpha value is -1.86. The van der Waals surface area contributed by atoms with Gasteiger partial charge in [-0.2, -0.15) is 0 Å². The van der Waals surface area contributed by atoms with Crippen molar-refractivity contribution in [3.05, 3.63) is 77.9 Å². The zero-order valence-corrected chi connectivity index (χ0v) is 9.93. The highest BCUT2D eigenvalue weighted by Gasteiger charge is 2.24. The van der Waals surface area contributed by atoms with Gasteiger partial charge < -0.3 is 5.11 Å². The maximum absolute atomic E-state index is 10.6. The molecule has 0 aliphatic heterocycles. The van der Waals surface area contributed by atoms with Crippen LogP contribution in [0.5, 0.6) is 0 Å². The average molecular weight is 224 g/mol. The van der Waals surface area contributed by atoms with Gasteiger partial charge in [-0.05, 0) is 23.6 Å². The van der Waals surface area contributed by atoms with E-state index in [4.69, 9.17) is 0 Å². The molecule has 0 spiro atoms. The molecule has 0 saturated heterocycles. The average Bonchev–Trinajstić information content (AvgIpc) is 2.40. The summed E-state index contributed by atoms with van der Waals surface area (Å²) in [5, 5.41) is 10.6. The number of benzene rings is 2. The molecule has 86 valence electrons. The van der Waals surface area contributed by atoms with E-state index in [2.05, 4.69) is 6.58 Å². The molecule has 0 bridgehead atoms. The minimum Gasteiger partial charge on any atom is -0.381 e. The minimum atomic E-state index is -0.957. The van der Waals surface area contributed by atoms with Crippen LogP contribution in [-0.4, -0.2) is 5.11 Å². The summed E-state index contributed by atoms with van der Waals surface area (Å²) < 4.78 is 0. The number of rotatable bonds is 3. The standard InChI is InChI=1S/C16H16O/c1-3-13-9-11-15(12-10-13)16(2,17)14-7-5-4-6-8-14/h3-12,17H,1H2,2H3. The summed E-state index contributed by atoms with van der Waals surface area (Å²) in [6, 6.07) is 17.5. The van der Waals surface area contributed by atoms with E-state index < -0.39 is 5.60 Å². The quantitative estimate of drug-likeness (QED) is 0.844. The van der Waals surface area contributed by atoms with Gasteiger partial charge in [0.25, 0.3) is 0 Å². The molecule has 17 heavy (non-hydrogen) atoms. The second-order valence-corrected chi connectivity index (χ2v) is 4.26. The molecule has 0 saturated carbocycles. The molecular weight excluding hydrogens is 208 g/mol. The third-order valence-corrected chi connectivity index (χ3v) is 3.04. The van der Waals surface area contributed by atoms with Gasteiger partial charge in [0.1, 0.15) is 5.60 Å². The summed E-state index contributed by atoms with van der Waals surface area (Å²) in [6.07, 6.45) is 1.79. The molecular formula is C16H16O. The fraction of sp³-hybridized carbons (Fsp3) is 0.125. The van der Waals surface area contributed by atoms with Crippen LogP contribution in [0.2, 0.25) is 0 Å². The van der Waals surface area contributed by atoms with E-state index in [1.165, 1.54) is 0 Å². The second-order valence-electron chi connectivity index (χ2n) is 4.26. The second kappa shape index (κ2) is 4.56. The van der Waals surface area contributed by atoms with Gasteiger partial charge in [0.05, 0.1) is 0 Å². The van der Waals surface area contributed by atoms with Crippen LogP contribution in [0.3, 0.4) is 0 Å². The Morgan fingerprint density at radius 2 is 1.47 bits per heavy atom. The van der Waals surface area contributed by atoms with Gasteiger partial charge in [0.2, 0.25) is 0 Å². The Balaban J connectivity index is 2.40. The number of hydrogen-bond donors (Lipinski definition) is 1. The monoisotopic (exact) mass is 224 g/mol. The SMILES string of the molecule is C=Cc1ccc(C(C)(O)c2ccccc2)cc1. The van der Waals surface area contributed by atoms with Crippen LogP contribution < -0.4 is 0 Å². The lowest BCUT2D eigenvalue weighted by Crippen LogP contribution is -2.22. The smallest absolute Gasteiger partial charge is 0.112 e. The molecule has 1 heteroatoms. The van der Waals surface area contributed by atoms with E-state index in [1.807, 2.05) is 61.5 Å². The maximum atomic E-state index is 10.6. The zero-order chi connectivity index (χ0) is 12.3. The Kier molecular flexibility index (Phi) is 3.12. The summed E-state index contributed by atoms with van der Waals surface area (Å²) in [5.74, 6) is 0. The molecule has 0 aromatic heterocycles. The molecule has 1 unspecified atom stereocenters. The molecule has 0 aliphatic carbocycles. The topological polar surface area (TPSA) is 20.2 Å². The first kappa shape index (κ1) is 11.6. The van der Waals surface area contributed by atoms with Crippen molar-refractivity contribution in [2.75, 3.05) is 0 Å². The summed E-state index contributed by atoms with van der Waals surface area (Å²) in [4.78, 5) is 0. The van der Waals surface area contributed by atoms with Gasteiger partial charge >= 0.3 is 0 Å². The first-order valence-corrected chi connectivity index (χ1v) is 5.65. The van der Waals surface area contributed by atoms with Gasteiger partial charge in [0, 0.05) is 0 Å². The van der Waals surface area contributed by atoms with E-state index >= 15 is 0 Å². The van der Waals surface area contributed by atoms with Gasteiger partial charge in [-0.25, -0.2) is 0 Å². The lowest BCUT2D eigenvalue weighted by molar-refractivity contribution is 0.102. The highest BCUT2D eigenvalue weighted by molar-refractivity contribution is 5.48. The van der Waals surface area contributed by atoms with Crippen molar-refractivity contribution >= 4 is 6.08 Å². The van der Waals surface area contributed by atoms with Gasteiger partial charge in [0.15, 0.2) is 0 Å². The molecule has 1 nitrogen and oxygen atoms in total. The van der Waals surface area contributed by atoms with Gasteiger partial charge in [-0.1, -0.05) is 67.3 Å². The highest BCUT2D eigenvalue weighted by Crippen LogP contribution is 2.28. The summed E-state index contributed by atoms with van der Waals surface area (Å²) in [5.41, 5.74) is 1.87. The first-order chi connectivity index (χ1) is 8.14. The fourth-order valence-corrected chi connectivity index (χ4v) is 1.87. The van der Waals surface area contributed by atoms with Gasteiger partial charge in [-0.3, -0.25) is 0 Å². The van der Waals surface area contributed by atoms with Crippen molar-refractivity contribution in [2.24, 2.45) is 0 Å². The van der Waals surface area contributed by atoms with Crippen molar-refractivity contribution in [2.45, 2.75) is 12.5 Å². The summed E-state index contributed by atoms with van der Waals surface area (Å²) >= 11 is 0. The van der Waals surface area contributed by atoms with Crippen molar-refractivity contribution < 1.29 is 5.11 Å². The van der Waals surface area contributed by atoms with Crippen molar-refractivity contribution in [3.8, 4) is 0 Å². The molecule has 2 aromatic rings. The molecule has 1 N–H and O–H groups in total. The molecule has 0 amide bonds. The van der Waals surface area contributed by atoms with Crippen molar-refractivity contribution in [3.63, 3.8) is 0 Å². The molecule has 0 heterocycles. The third kappa shape index (κ3) is 2.29. The van der Waals surface area contributed by atoms with Crippen LogP contribution in [0.15, 0.2) is 61.2 Å². The van der Waals surface area contributed by atoms with Crippen LogP contribution in [0, 0.1) is 0 Å². The normalized spacial score (nSPS) is 14.0. The zero-order valence-electron chi connectivity index (χ0n) is 9.93. The Morgan fingerprint density at radius 1 is 0.941 bits per heavy atom. The molecule has 1 atom stereocenters. The lowest BCUT2D eigenvalue weighted by Gasteiger charge is -2.24. The minimum absolute atomic E-state index is 0.884. The molecule has 2 aromatic carbocycles. The molecule has 0 radical (unpaired) electrons. The number of aliphatic hydroxyl groups is 1. The van der Waals surface area contributed by atoms with Crippen molar-refractivity contribution in [1.29, 1.82) is 0 Å². The van der Waals surface area contributed by atoms with Gasteiger partial charge in [-0.15, -0.1) is 0 Å². The predicted molar refractivity (Wildman–Crippen MR) is 71.6 cm³/mol. The van der Waals surface area contributed by atoms with Crippen LogP contribution in [0.1, 0.15) is 23.6 Å².